The summed E-state index contributed by atoms with van der Waals surface area (Å²) in [7, 11) is 1.74. The van der Waals surface area contributed by atoms with E-state index in [9.17, 15) is 5.11 Å². The maximum absolute atomic E-state index is 10.3. The van der Waals surface area contributed by atoms with Gasteiger partial charge in [0.05, 0.1) is 18.3 Å². The summed E-state index contributed by atoms with van der Waals surface area (Å²) in [6.07, 6.45) is 3.53. The number of aliphatic hydroxyl groups is 1. The van der Waals surface area contributed by atoms with E-state index in [2.05, 4.69) is 0 Å². The van der Waals surface area contributed by atoms with E-state index in [0.29, 0.717) is 13.0 Å². The molecular formula is C15H22O3. The Morgan fingerprint density at radius 2 is 1.94 bits per heavy atom. The first-order valence-electron chi connectivity index (χ1n) is 6.65. The van der Waals surface area contributed by atoms with Crippen LogP contribution in [0.1, 0.15) is 44.3 Å². The van der Waals surface area contributed by atoms with Gasteiger partial charge >= 0.3 is 0 Å². The van der Waals surface area contributed by atoms with Crippen molar-refractivity contribution in [3.8, 4) is 5.75 Å². The van der Waals surface area contributed by atoms with Gasteiger partial charge in [0.2, 0.25) is 0 Å². The van der Waals surface area contributed by atoms with Crippen LogP contribution < -0.4 is 4.74 Å². The Labute approximate surface area is 109 Å². The number of rotatable bonds is 6. The fraction of sp³-hybridized carbons (Fsp3) is 0.600. The molecule has 0 aromatic heterocycles. The van der Waals surface area contributed by atoms with Gasteiger partial charge in [0.15, 0.2) is 0 Å². The number of benzene rings is 1. The van der Waals surface area contributed by atoms with Crippen LogP contribution in [0.4, 0.5) is 0 Å². The van der Waals surface area contributed by atoms with Crippen molar-refractivity contribution in [1.29, 1.82) is 0 Å². The van der Waals surface area contributed by atoms with Gasteiger partial charge < -0.3 is 14.6 Å². The number of hydrogen-bond acceptors (Lipinski definition) is 3. The minimum Gasteiger partial charge on any atom is -0.494 e. The Kier molecular flexibility index (Phi) is 4.25. The van der Waals surface area contributed by atoms with E-state index in [1.165, 1.54) is 6.42 Å². The van der Waals surface area contributed by atoms with E-state index in [1.807, 2.05) is 31.2 Å². The largest absolute Gasteiger partial charge is 0.494 e. The molecule has 3 nitrogen and oxygen atoms in total. The van der Waals surface area contributed by atoms with E-state index in [4.69, 9.17) is 9.47 Å². The van der Waals surface area contributed by atoms with Gasteiger partial charge in [-0.15, -0.1) is 0 Å². The second-order valence-corrected chi connectivity index (χ2v) is 4.96. The van der Waals surface area contributed by atoms with Gasteiger partial charge in [-0.3, -0.25) is 0 Å². The lowest BCUT2D eigenvalue weighted by Crippen LogP contribution is -2.40. The normalized spacial score (nSPS) is 19.1. The van der Waals surface area contributed by atoms with E-state index < -0.39 is 6.10 Å². The molecule has 1 atom stereocenters. The van der Waals surface area contributed by atoms with Crippen molar-refractivity contribution in [2.24, 2.45) is 0 Å². The van der Waals surface area contributed by atoms with Gasteiger partial charge in [0.1, 0.15) is 5.75 Å². The first-order chi connectivity index (χ1) is 8.69. The van der Waals surface area contributed by atoms with Crippen molar-refractivity contribution in [3.05, 3.63) is 29.8 Å². The van der Waals surface area contributed by atoms with Crippen molar-refractivity contribution in [1.82, 2.24) is 0 Å². The Balaban J connectivity index is 1.97. The summed E-state index contributed by atoms with van der Waals surface area (Å²) in [6, 6.07) is 7.67. The van der Waals surface area contributed by atoms with E-state index >= 15 is 0 Å². The SMILES string of the molecule is CCOc1ccc(C(O)CC2(OC)CCC2)cc1. The van der Waals surface area contributed by atoms with Crippen molar-refractivity contribution in [2.45, 2.75) is 44.3 Å². The van der Waals surface area contributed by atoms with Gasteiger partial charge in [0, 0.05) is 13.5 Å². The highest BCUT2D eigenvalue weighted by molar-refractivity contribution is 5.28. The molecule has 0 spiro atoms. The molecule has 1 unspecified atom stereocenters. The predicted octanol–water partition coefficient (Wildman–Crippen LogP) is 3.08. The Bertz CT molecular complexity index is 362. The van der Waals surface area contributed by atoms with Gasteiger partial charge in [0.25, 0.3) is 0 Å². The van der Waals surface area contributed by atoms with Crippen LogP contribution >= 0.6 is 0 Å². The molecule has 0 radical (unpaired) electrons. The van der Waals surface area contributed by atoms with E-state index in [-0.39, 0.29) is 5.60 Å². The fourth-order valence-corrected chi connectivity index (χ4v) is 2.49. The molecule has 18 heavy (non-hydrogen) atoms. The molecule has 1 aliphatic carbocycles. The number of methoxy groups -OCH3 is 1. The molecule has 0 amide bonds. The summed E-state index contributed by atoms with van der Waals surface area (Å²) < 4.78 is 10.9. The third-order valence-electron chi connectivity index (χ3n) is 3.84. The van der Waals surface area contributed by atoms with Crippen molar-refractivity contribution in [3.63, 3.8) is 0 Å². The zero-order valence-corrected chi connectivity index (χ0v) is 11.2. The van der Waals surface area contributed by atoms with Crippen LogP contribution in [0, 0.1) is 0 Å². The average Bonchev–Trinajstić information content (AvgIpc) is 2.35. The second-order valence-electron chi connectivity index (χ2n) is 4.96. The molecule has 0 bridgehead atoms. The summed E-state index contributed by atoms with van der Waals surface area (Å²) in [4.78, 5) is 0. The topological polar surface area (TPSA) is 38.7 Å². The van der Waals surface area contributed by atoms with Crippen molar-refractivity contribution < 1.29 is 14.6 Å². The van der Waals surface area contributed by atoms with Crippen LogP contribution in [-0.4, -0.2) is 24.4 Å². The van der Waals surface area contributed by atoms with Crippen LogP contribution in [0.25, 0.3) is 0 Å². The van der Waals surface area contributed by atoms with Crippen LogP contribution in [0.2, 0.25) is 0 Å². The van der Waals surface area contributed by atoms with Crippen LogP contribution in [0.3, 0.4) is 0 Å². The fourth-order valence-electron chi connectivity index (χ4n) is 2.49. The number of hydrogen-bond donors (Lipinski definition) is 1. The molecule has 1 saturated carbocycles. The Morgan fingerprint density at radius 1 is 1.28 bits per heavy atom. The maximum atomic E-state index is 10.3. The first-order valence-corrected chi connectivity index (χ1v) is 6.65. The van der Waals surface area contributed by atoms with Gasteiger partial charge in [-0.1, -0.05) is 12.1 Å². The van der Waals surface area contributed by atoms with Crippen LogP contribution in [-0.2, 0) is 4.74 Å². The van der Waals surface area contributed by atoms with Crippen molar-refractivity contribution in [2.75, 3.05) is 13.7 Å². The summed E-state index contributed by atoms with van der Waals surface area (Å²) in [5, 5.41) is 10.3. The molecule has 1 aliphatic rings. The average molecular weight is 250 g/mol. The molecule has 1 fully saturated rings. The van der Waals surface area contributed by atoms with Crippen LogP contribution in [0.15, 0.2) is 24.3 Å². The highest BCUT2D eigenvalue weighted by Crippen LogP contribution is 2.41. The minimum absolute atomic E-state index is 0.0992. The lowest BCUT2D eigenvalue weighted by Gasteiger charge is -2.41. The van der Waals surface area contributed by atoms with E-state index in [0.717, 1.165) is 24.2 Å². The second kappa shape index (κ2) is 5.72. The highest BCUT2D eigenvalue weighted by Gasteiger charge is 2.38. The lowest BCUT2D eigenvalue weighted by molar-refractivity contribution is -0.0999. The first kappa shape index (κ1) is 13.4. The standard InChI is InChI=1S/C15H22O3/c1-3-18-13-7-5-12(6-8-13)14(16)11-15(17-2)9-4-10-15/h5-8,14,16H,3-4,9-11H2,1-2H3. The quantitative estimate of drug-likeness (QED) is 0.843. The number of ether oxygens (including phenoxy) is 2. The third kappa shape index (κ3) is 2.85. The summed E-state index contributed by atoms with van der Waals surface area (Å²) in [6.45, 7) is 2.62. The molecule has 100 valence electrons. The zero-order valence-electron chi connectivity index (χ0n) is 11.2. The van der Waals surface area contributed by atoms with Gasteiger partial charge in [-0.2, -0.15) is 0 Å². The molecule has 0 aliphatic heterocycles. The minimum atomic E-state index is -0.457. The van der Waals surface area contributed by atoms with Gasteiger partial charge in [-0.25, -0.2) is 0 Å². The maximum Gasteiger partial charge on any atom is 0.119 e. The summed E-state index contributed by atoms with van der Waals surface area (Å²) in [5.74, 6) is 0.846. The highest BCUT2D eigenvalue weighted by atomic mass is 16.5. The summed E-state index contributed by atoms with van der Waals surface area (Å²) in [5.41, 5.74) is 0.833. The van der Waals surface area contributed by atoms with Gasteiger partial charge in [-0.05, 0) is 43.9 Å². The molecule has 2 rings (SSSR count). The van der Waals surface area contributed by atoms with E-state index in [1.54, 1.807) is 7.11 Å². The third-order valence-corrected chi connectivity index (χ3v) is 3.84. The molecule has 1 aromatic rings. The monoisotopic (exact) mass is 250 g/mol. The molecule has 0 heterocycles. The Morgan fingerprint density at radius 3 is 2.39 bits per heavy atom. The molecule has 3 heteroatoms. The van der Waals surface area contributed by atoms with Crippen LogP contribution in [0.5, 0.6) is 5.75 Å². The predicted molar refractivity (Wildman–Crippen MR) is 70.8 cm³/mol. The van der Waals surface area contributed by atoms with Crippen molar-refractivity contribution >= 4 is 0 Å². The Hall–Kier alpha value is -1.06. The molecule has 0 saturated heterocycles. The lowest BCUT2D eigenvalue weighted by atomic mass is 9.75. The summed E-state index contributed by atoms with van der Waals surface area (Å²) >= 11 is 0. The number of aliphatic hydroxyl groups excluding tert-OH is 1. The molecular weight excluding hydrogens is 228 g/mol. The molecule has 1 aromatic carbocycles. The molecule has 1 N–H and O–H groups in total. The smallest absolute Gasteiger partial charge is 0.119 e. The zero-order chi connectivity index (χ0) is 13.0.